The van der Waals surface area contributed by atoms with Crippen LogP contribution in [0.25, 0.3) is 5.69 Å². The average Bonchev–Trinajstić information content (AvgIpc) is 3.47. The molecule has 186 valence electrons. The van der Waals surface area contributed by atoms with Gasteiger partial charge >= 0.3 is 6.09 Å². The molecule has 1 aliphatic heterocycles. The predicted octanol–water partition coefficient (Wildman–Crippen LogP) is 2.79. The lowest BCUT2D eigenvalue weighted by Gasteiger charge is -2.38. The number of benzene rings is 1. The number of likely N-dealkylation sites (tertiary alicyclic amines) is 1. The molecule has 0 bridgehead atoms. The van der Waals surface area contributed by atoms with E-state index >= 15 is 0 Å². The van der Waals surface area contributed by atoms with E-state index in [9.17, 15) is 13.8 Å². The number of amides is 2. The maximum atomic E-state index is 13.4. The second-order valence-electron chi connectivity index (χ2n) is 9.76. The number of piperidine rings is 1. The molecule has 1 aromatic carbocycles. The largest absolute Gasteiger partial charge is 0.444 e. The second kappa shape index (κ2) is 10.3. The van der Waals surface area contributed by atoms with E-state index in [-0.39, 0.29) is 29.6 Å². The third-order valence-electron chi connectivity index (χ3n) is 5.95. The fourth-order valence-electron chi connectivity index (χ4n) is 4.15. The molecule has 1 aliphatic carbocycles. The summed E-state index contributed by atoms with van der Waals surface area (Å²) in [5, 5.41) is 0. The lowest BCUT2D eigenvalue weighted by molar-refractivity contribution is 0.0141. The van der Waals surface area contributed by atoms with Crippen LogP contribution in [0.2, 0.25) is 0 Å². The molecule has 2 aromatic rings. The highest BCUT2D eigenvalue weighted by molar-refractivity contribution is 7.84. The summed E-state index contributed by atoms with van der Waals surface area (Å²) in [6.45, 7) is 6.75. The summed E-state index contributed by atoms with van der Waals surface area (Å²) in [5.74, 6) is -0.0572. The van der Waals surface area contributed by atoms with Gasteiger partial charge in [-0.25, -0.2) is 9.78 Å². The van der Waals surface area contributed by atoms with Crippen LogP contribution in [0.1, 0.15) is 56.9 Å². The molecule has 1 saturated heterocycles. The van der Waals surface area contributed by atoms with Gasteiger partial charge in [-0.1, -0.05) is 0 Å². The molecular weight excluding hydrogens is 456 g/mol. The van der Waals surface area contributed by atoms with E-state index in [0.29, 0.717) is 18.8 Å². The van der Waals surface area contributed by atoms with Gasteiger partial charge in [0.1, 0.15) is 17.6 Å². The minimum absolute atomic E-state index is 0. The summed E-state index contributed by atoms with van der Waals surface area (Å²) < 4.78 is 18.9. The van der Waals surface area contributed by atoms with Crippen molar-refractivity contribution >= 4 is 22.8 Å². The van der Waals surface area contributed by atoms with Crippen molar-refractivity contribution in [3.8, 4) is 5.69 Å². The molecule has 1 saturated carbocycles. The van der Waals surface area contributed by atoms with Crippen LogP contribution < -0.4 is 0 Å². The average molecular weight is 491 g/mol. The molecule has 2 amide bonds. The first kappa shape index (κ1) is 25.9. The lowest BCUT2D eigenvalue weighted by atomic mass is 10.0. The number of rotatable bonds is 5. The minimum Gasteiger partial charge on any atom is -0.444 e. The smallest absolute Gasteiger partial charge is 0.410 e. The van der Waals surface area contributed by atoms with Crippen LogP contribution >= 0.6 is 0 Å². The van der Waals surface area contributed by atoms with Crippen molar-refractivity contribution in [3.05, 3.63) is 42.5 Å². The summed E-state index contributed by atoms with van der Waals surface area (Å²) in [5.41, 5.74) is 0.760. The molecule has 4 rings (SSSR count). The number of hydrogen-bond donors (Lipinski definition) is 0. The fraction of sp³-hybridized carbons (Fsp3) is 0.542. The summed E-state index contributed by atoms with van der Waals surface area (Å²) in [6.07, 6.45) is 8.24. The monoisotopic (exact) mass is 490 g/mol. The molecule has 2 aliphatic rings. The SMILES string of the molecule is CS(=O)c1ccc(-n2cnc(C(=O)N(C3CC3)C3CCN(C(=O)OC(C)(C)C)CC3)c2)cc1.O. The molecule has 1 atom stereocenters. The first-order valence-electron chi connectivity index (χ1n) is 11.4. The number of imidazole rings is 1. The Balaban J connectivity index is 0.00000324. The maximum absolute atomic E-state index is 13.4. The zero-order valence-electron chi connectivity index (χ0n) is 20.2. The number of nitrogens with zero attached hydrogens (tertiary/aromatic N) is 4. The van der Waals surface area contributed by atoms with Crippen molar-refractivity contribution in [1.29, 1.82) is 0 Å². The van der Waals surface area contributed by atoms with Crippen LogP contribution in [-0.2, 0) is 15.5 Å². The Morgan fingerprint density at radius 1 is 1.06 bits per heavy atom. The van der Waals surface area contributed by atoms with Crippen molar-refractivity contribution in [1.82, 2.24) is 19.4 Å². The first-order chi connectivity index (χ1) is 15.6. The van der Waals surface area contributed by atoms with Gasteiger partial charge in [-0.2, -0.15) is 0 Å². The van der Waals surface area contributed by atoms with Gasteiger partial charge in [0, 0.05) is 59.0 Å². The van der Waals surface area contributed by atoms with Gasteiger partial charge in [0.05, 0.1) is 0 Å². The molecule has 1 unspecified atom stereocenters. The van der Waals surface area contributed by atoms with Gasteiger partial charge in [-0.3, -0.25) is 9.00 Å². The van der Waals surface area contributed by atoms with Crippen molar-refractivity contribution in [2.75, 3.05) is 19.3 Å². The van der Waals surface area contributed by atoms with E-state index < -0.39 is 16.4 Å². The molecule has 10 heteroatoms. The van der Waals surface area contributed by atoms with Crippen LogP contribution in [0, 0.1) is 0 Å². The molecule has 2 N–H and O–H groups in total. The Kier molecular flexibility index (Phi) is 7.82. The molecule has 0 radical (unpaired) electrons. The van der Waals surface area contributed by atoms with E-state index in [1.165, 1.54) is 0 Å². The standard InChI is InChI=1S/C24H32N4O4S.H2O/c1-24(2,3)32-23(30)26-13-11-19(12-14-26)28(18-5-6-18)22(29)21-15-27(16-25-21)17-7-9-20(10-8-17)33(4)31;/h7-10,15-16,18-19H,5-6,11-14H2,1-4H3;1H2. The quantitative estimate of drug-likeness (QED) is 0.639. The third kappa shape index (κ3) is 6.04. The van der Waals surface area contributed by atoms with Gasteiger partial charge in [0.2, 0.25) is 0 Å². The van der Waals surface area contributed by atoms with Gasteiger partial charge in [-0.15, -0.1) is 0 Å². The van der Waals surface area contributed by atoms with Crippen LogP contribution in [0.15, 0.2) is 41.7 Å². The van der Waals surface area contributed by atoms with Crippen LogP contribution in [0.5, 0.6) is 0 Å². The molecule has 2 fully saturated rings. The van der Waals surface area contributed by atoms with Crippen LogP contribution in [-0.4, -0.2) is 78.1 Å². The molecule has 0 spiro atoms. The predicted molar refractivity (Wildman–Crippen MR) is 130 cm³/mol. The van der Waals surface area contributed by atoms with E-state index in [0.717, 1.165) is 36.3 Å². The van der Waals surface area contributed by atoms with E-state index in [1.54, 1.807) is 23.7 Å². The maximum Gasteiger partial charge on any atom is 0.410 e. The second-order valence-corrected chi connectivity index (χ2v) is 11.1. The Hall–Kier alpha value is -2.72. The van der Waals surface area contributed by atoms with Crippen molar-refractivity contribution in [3.63, 3.8) is 0 Å². The highest BCUT2D eigenvalue weighted by Gasteiger charge is 2.40. The molecule has 9 nitrogen and oxygen atoms in total. The Morgan fingerprint density at radius 3 is 2.18 bits per heavy atom. The van der Waals surface area contributed by atoms with E-state index in [4.69, 9.17) is 4.74 Å². The lowest BCUT2D eigenvalue weighted by Crippen LogP contribution is -2.50. The van der Waals surface area contributed by atoms with Crippen molar-refractivity contribution < 1.29 is 24.0 Å². The summed E-state index contributed by atoms with van der Waals surface area (Å²) in [6, 6.07) is 7.73. The molecular formula is C24H34N4O5S. The van der Waals surface area contributed by atoms with Crippen molar-refractivity contribution in [2.45, 2.75) is 69.0 Å². The molecule has 1 aromatic heterocycles. The third-order valence-corrected chi connectivity index (χ3v) is 6.89. The van der Waals surface area contributed by atoms with Gasteiger partial charge in [0.25, 0.3) is 5.91 Å². The normalized spacial score (nSPS) is 17.6. The Bertz CT molecular complexity index is 1030. The van der Waals surface area contributed by atoms with Crippen molar-refractivity contribution in [2.24, 2.45) is 0 Å². The Morgan fingerprint density at radius 2 is 1.65 bits per heavy atom. The number of carbonyl (C=O) groups excluding carboxylic acids is 2. The molecule has 2 heterocycles. The molecule has 34 heavy (non-hydrogen) atoms. The van der Waals surface area contributed by atoms with Gasteiger partial charge < -0.3 is 24.6 Å². The van der Waals surface area contributed by atoms with Gasteiger partial charge in [-0.05, 0) is 70.7 Å². The van der Waals surface area contributed by atoms with E-state index in [1.807, 2.05) is 54.5 Å². The zero-order valence-corrected chi connectivity index (χ0v) is 21.0. The number of ether oxygens (including phenoxy) is 1. The number of carbonyl (C=O) groups is 2. The first-order valence-corrected chi connectivity index (χ1v) is 13.0. The van der Waals surface area contributed by atoms with Crippen LogP contribution in [0.4, 0.5) is 4.79 Å². The topological polar surface area (TPSA) is 116 Å². The highest BCUT2D eigenvalue weighted by atomic mass is 32.2. The summed E-state index contributed by atoms with van der Waals surface area (Å²) in [7, 11) is -1.03. The number of aromatic nitrogens is 2. The van der Waals surface area contributed by atoms with E-state index in [2.05, 4.69) is 4.98 Å². The minimum atomic E-state index is -1.03. The summed E-state index contributed by atoms with van der Waals surface area (Å²) >= 11 is 0. The highest BCUT2D eigenvalue weighted by Crippen LogP contribution is 2.33. The number of hydrogen-bond acceptors (Lipinski definition) is 5. The Labute approximate surface area is 202 Å². The van der Waals surface area contributed by atoms with Crippen LogP contribution in [0.3, 0.4) is 0 Å². The van der Waals surface area contributed by atoms with Gasteiger partial charge in [0.15, 0.2) is 0 Å². The zero-order chi connectivity index (χ0) is 23.8. The fourth-order valence-corrected chi connectivity index (χ4v) is 4.67. The summed E-state index contributed by atoms with van der Waals surface area (Å²) in [4.78, 5) is 34.7.